The van der Waals surface area contributed by atoms with Gasteiger partial charge < -0.3 is 24.6 Å². The number of aromatic carboxylic acids is 1. The summed E-state index contributed by atoms with van der Waals surface area (Å²) in [5, 5.41) is 13.6. The average Bonchev–Trinajstić information content (AvgIpc) is 2.80. The maximum absolute atomic E-state index is 12.2. The van der Waals surface area contributed by atoms with Crippen molar-refractivity contribution in [2.45, 2.75) is 38.6 Å². The van der Waals surface area contributed by atoms with Gasteiger partial charge in [-0.15, -0.1) is 0 Å². The lowest BCUT2D eigenvalue weighted by Crippen LogP contribution is -2.46. The van der Waals surface area contributed by atoms with E-state index in [0.717, 1.165) is 16.8 Å². The van der Waals surface area contributed by atoms with Crippen LogP contribution in [0.25, 0.3) is 0 Å². The number of carboxylic acids is 1. The van der Waals surface area contributed by atoms with Crippen LogP contribution in [0, 0.1) is 0 Å². The zero-order valence-corrected chi connectivity index (χ0v) is 19.6. The van der Waals surface area contributed by atoms with E-state index in [1.807, 2.05) is 37.3 Å². The molecule has 31 heavy (non-hydrogen) atoms. The molecule has 0 radical (unpaired) electrons. The lowest BCUT2D eigenvalue weighted by Gasteiger charge is -2.36. The van der Waals surface area contributed by atoms with Gasteiger partial charge in [0, 0.05) is 22.5 Å². The van der Waals surface area contributed by atoms with Crippen molar-refractivity contribution in [1.82, 2.24) is 5.32 Å². The Morgan fingerprint density at radius 2 is 1.71 bits per heavy atom. The van der Waals surface area contributed by atoms with Crippen molar-refractivity contribution in [1.29, 1.82) is 0 Å². The van der Waals surface area contributed by atoms with Gasteiger partial charge >= 0.3 is 5.97 Å². The highest BCUT2D eigenvalue weighted by Crippen LogP contribution is 2.45. The van der Waals surface area contributed by atoms with E-state index < -0.39 is 11.5 Å². The van der Waals surface area contributed by atoms with Crippen LogP contribution < -0.4 is 19.5 Å². The zero-order chi connectivity index (χ0) is 23.0. The first kappa shape index (κ1) is 24.6. The predicted octanol–water partition coefficient (Wildman–Crippen LogP) is 4.63. The summed E-state index contributed by atoms with van der Waals surface area (Å²) >= 11 is 5.46. The summed E-state index contributed by atoms with van der Waals surface area (Å²) in [5.74, 6) is -0.0288. The molecular weight excluding hydrogens is 414 g/mol. The van der Waals surface area contributed by atoms with Gasteiger partial charge in [-0.25, -0.2) is 4.79 Å². The fourth-order valence-electron chi connectivity index (χ4n) is 3.75. The van der Waals surface area contributed by atoms with Crippen molar-refractivity contribution in [2.75, 3.05) is 27.9 Å². The van der Waals surface area contributed by atoms with Crippen LogP contribution in [0.4, 0.5) is 0 Å². The van der Waals surface area contributed by atoms with Crippen LogP contribution in [-0.4, -0.2) is 43.8 Å². The first-order chi connectivity index (χ1) is 14.9. The summed E-state index contributed by atoms with van der Waals surface area (Å²) in [7, 11) is 4.48. The third kappa shape index (κ3) is 5.35. The van der Waals surface area contributed by atoms with Crippen LogP contribution >= 0.6 is 12.2 Å². The lowest BCUT2D eigenvalue weighted by atomic mass is 9.79. The number of hydrogen-bond acceptors (Lipinski definition) is 6. The number of rotatable bonds is 12. The van der Waals surface area contributed by atoms with Gasteiger partial charge in [0.25, 0.3) is 0 Å². The third-order valence-corrected chi connectivity index (χ3v) is 6.02. The molecule has 2 aromatic rings. The van der Waals surface area contributed by atoms with Gasteiger partial charge in [-0.1, -0.05) is 56.4 Å². The summed E-state index contributed by atoms with van der Waals surface area (Å²) in [6, 6.07) is 11.5. The summed E-state index contributed by atoms with van der Waals surface area (Å²) in [4.78, 5) is 13.1. The molecule has 0 aromatic heterocycles. The summed E-state index contributed by atoms with van der Waals surface area (Å²) < 4.78 is 16.5. The minimum atomic E-state index is -1.06. The number of thiocarbonyl (C=S) groups is 1. The first-order valence-electron chi connectivity index (χ1n) is 10.2. The van der Waals surface area contributed by atoms with E-state index in [-0.39, 0.29) is 5.56 Å². The van der Waals surface area contributed by atoms with Crippen molar-refractivity contribution >= 4 is 23.1 Å². The van der Waals surface area contributed by atoms with E-state index in [4.69, 9.17) is 26.4 Å². The van der Waals surface area contributed by atoms with Crippen molar-refractivity contribution in [3.63, 3.8) is 0 Å². The first-order valence-corrected chi connectivity index (χ1v) is 10.7. The van der Waals surface area contributed by atoms with Crippen molar-refractivity contribution in [3.05, 3.63) is 53.1 Å². The molecule has 2 N–H and O–H groups in total. The molecule has 0 saturated heterocycles. The molecule has 0 saturated carbocycles. The minimum absolute atomic E-state index is 0.114. The summed E-state index contributed by atoms with van der Waals surface area (Å²) in [5.41, 5.74) is 1.14. The Bertz CT molecular complexity index is 916. The number of benzene rings is 2. The number of methoxy groups -OCH3 is 3. The van der Waals surface area contributed by atoms with E-state index in [1.165, 1.54) is 27.4 Å². The second kappa shape index (κ2) is 11.1. The Balaban J connectivity index is 2.72. The molecule has 7 heteroatoms. The highest BCUT2D eigenvalue weighted by atomic mass is 32.1. The molecule has 0 bridgehead atoms. The van der Waals surface area contributed by atoms with Gasteiger partial charge in [-0.05, 0) is 30.9 Å². The molecule has 168 valence electrons. The smallest absolute Gasteiger partial charge is 0.336 e. The van der Waals surface area contributed by atoms with Crippen molar-refractivity contribution in [2.24, 2.45) is 0 Å². The van der Waals surface area contributed by atoms with E-state index >= 15 is 0 Å². The molecule has 0 spiro atoms. The molecule has 1 atom stereocenters. The summed E-state index contributed by atoms with van der Waals surface area (Å²) in [6.45, 7) is 4.65. The van der Waals surface area contributed by atoms with E-state index in [9.17, 15) is 9.90 Å². The Morgan fingerprint density at radius 3 is 2.19 bits per heavy atom. The fraction of sp³-hybridized carbons (Fsp3) is 0.417. The van der Waals surface area contributed by atoms with Gasteiger partial charge in [0.2, 0.25) is 5.75 Å². The van der Waals surface area contributed by atoms with Crippen LogP contribution in [0.2, 0.25) is 0 Å². The number of carbonyl (C=O) groups is 1. The van der Waals surface area contributed by atoms with Gasteiger partial charge in [0.15, 0.2) is 11.5 Å². The molecule has 0 aliphatic carbocycles. The van der Waals surface area contributed by atoms with Crippen molar-refractivity contribution in [3.8, 4) is 17.2 Å². The molecule has 2 rings (SSSR count). The standard InChI is InChI=1S/C24H31NO5S/c1-6-17(31)15-25-24(7-2,16-11-9-8-10-12-16)14-19-18(23(26)27)13-20(28-3)22(30-5)21(19)29-4/h8-13,25H,6-7,14-15H2,1-5H3,(H,26,27)/t24-/m0/s1. The largest absolute Gasteiger partial charge is 0.493 e. The van der Waals surface area contributed by atoms with E-state index in [2.05, 4.69) is 12.2 Å². The third-order valence-electron chi connectivity index (χ3n) is 5.59. The second-order valence-electron chi connectivity index (χ2n) is 7.20. The van der Waals surface area contributed by atoms with Gasteiger partial charge in [-0.3, -0.25) is 0 Å². The number of nitrogens with one attached hydrogen (secondary N) is 1. The molecule has 0 amide bonds. The Hall–Kier alpha value is -2.64. The monoisotopic (exact) mass is 445 g/mol. The van der Waals surface area contributed by atoms with Crippen LogP contribution in [0.3, 0.4) is 0 Å². The molecule has 6 nitrogen and oxygen atoms in total. The minimum Gasteiger partial charge on any atom is -0.493 e. The van der Waals surface area contributed by atoms with E-state index in [1.54, 1.807) is 0 Å². The molecule has 0 aliphatic heterocycles. The molecular formula is C24H31NO5S. The zero-order valence-electron chi connectivity index (χ0n) is 18.8. The van der Waals surface area contributed by atoms with Gasteiger partial charge in [0.05, 0.1) is 26.9 Å². The lowest BCUT2D eigenvalue weighted by molar-refractivity contribution is 0.0694. The molecule has 0 unspecified atom stereocenters. The SMILES string of the molecule is CCC(=S)CN[C@@](CC)(Cc1c(C(=O)O)cc(OC)c(OC)c1OC)c1ccccc1. The number of ether oxygens (including phenoxy) is 3. The predicted molar refractivity (Wildman–Crippen MR) is 126 cm³/mol. The van der Waals surface area contributed by atoms with Crippen LogP contribution in [-0.2, 0) is 12.0 Å². The Kier molecular flexibility index (Phi) is 8.83. The molecule has 0 fully saturated rings. The molecule has 2 aromatic carbocycles. The van der Waals surface area contributed by atoms with Gasteiger partial charge in [0.1, 0.15) is 0 Å². The second-order valence-corrected chi connectivity index (χ2v) is 7.78. The van der Waals surface area contributed by atoms with Crippen LogP contribution in [0.1, 0.15) is 48.2 Å². The summed E-state index contributed by atoms with van der Waals surface area (Å²) in [6.07, 6.45) is 1.86. The highest BCUT2D eigenvalue weighted by Gasteiger charge is 2.35. The Labute approximate surface area is 189 Å². The fourth-order valence-corrected chi connectivity index (χ4v) is 3.83. The number of hydrogen-bond donors (Lipinski definition) is 2. The number of carboxylic acid groups (broad SMARTS) is 1. The normalized spacial score (nSPS) is 12.7. The Morgan fingerprint density at radius 1 is 1.06 bits per heavy atom. The molecule has 0 aliphatic rings. The van der Waals surface area contributed by atoms with Crippen LogP contribution in [0.5, 0.6) is 17.2 Å². The quantitative estimate of drug-likeness (QED) is 0.461. The highest BCUT2D eigenvalue weighted by molar-refractivity contribution is 7.80. The van der Waals surface area contributed by atoms with Gasteiger partial charge in [-0.2, -0.15) is 0 Å². The van der Waals surface area contributed by atoms with Crippen molar-refractivity contribution < 1.29 is 24.1 Å². The van der Waals surface area contributed by atoms with Crippen LogP contribution in [0.15, 0.2) is 36.4 Å². The van der Waals surface area contributed by atoms with E-state index in [0.29, 0.717) is 42.2 Å². The maximum atomic E-state index is 12.2. The molecule has 0 heterocycles. The average molecular weight is 446 g/mol. The topological polar surface area (TPSA) is 77.0 Å². The maximum Gasteiger partial charge on any atom is 0.336 e.